The summed E-state index contributed by atoms with van der Waals surface area (Å²) in [6, 6.07) is 5.23. The van der Waals surface area contributed by atoms with Gasteiger partial charge in [0.05, 0.1) is 6.54 Å². The molecule has 0 atom stereocenters. The molecule has 0 aromatic heterocycles. The Morgan fingerprint density at radius 2 is 2.06 bits per heavy atom. The van der Waals surface area contributed by atoms with Crippen LogP contribution >= 0.6 is 15.9 Å². The Labute approximate surface area is 113 Å². The topological polar surface area (TPSA) is 84.2 Å². The maximum Gasteiger partial charge on any atom is 0.251 e. The van der Waals surface area contributed by atoms with Crippen molar-refractivity contribution < 1.29 is 9.59 Å². The third-order valence-electron chi connectivity index (χ3n) is 2.53. The van der Waals surface area contributed by atoms with E-state index in [0.29, 0.717) is 17.3 Å². The number of anilines is 1. The van der Waals surface area contributed by atoms with E-state index in [2.05, 4.69) is 26.6 Å². The van der Waals surface area contributed by atoms with Gasteiger partial charge in [0.25, 0.3) is 5.91 Å². The van der Waals surface area contributed by atoms with Gasteiger partial charge in [-0.05, 0) is 31.0 Å². The van der Waals surface area contributed by atoms with Crippen LogP contribution in [0.2, 0.25) is 0 Å². The standard InChI is InChI=1S/C12H14BrN3O2/c13-8-3-7(4-9(14)5-8)12(18)15-6-11(17)16-10-1-2-10/h3-5,10H,1-2,6,14H2,(H,15,18)(H,16,17). The van der Waals surface area contributed by atoms with Crippen LogP contribution in [0.4, 0.5) is 5.69 Å². The van der Waals surface area contributed by atoms with Gasteiger partial charge in [-0.25, -0.2) is 0 Å². The molecule has 0 radical (unpaired) electrons. The van der Waals surface area contributed by atoms with E-state index >= 15 is 0 Å². The Hall–Kier alpha value is -1.56. The molecule has 0 heterocycles. The van der Waals surface area contributed by atoms with E-state index < -0.39 is 0 Å². The van der Waals surface area contributed by atoms with E-state index in [1.165, 1.54) is 0 Å². The molecule has 96 valence electrons. The molecule has 1 aliphatic carbocycles. The lowest BCUT2D eigenvalue weighted by Gasteiger charge is -2.07. The molecule has 1 saturated carbocycles. The normalized spacial score (nSPS) is 14.1. The number of nitrogen functional groups attached to an aromatic ring is 1. The lowest BCUT2D eigenvalue weighted by molar-refractivity contribution is -0.120. The van der Waals surface area contributed by atoms with Gasteiger partial charge < -0.3 is 16.4 Å². The number of hydrogen-bond acceptors (Lipinski definition) is 3. The van der Waals surface area contributed by atoms with Crippen molar-refractivity contribution in [3.05, 3.63) is 28.2 Å². The first-order chi connectivity index (χ1) is 8.54. The summed E-state index contributed by atoms with van der Waals surface area (Å²) in [5.74, 6) is -0.470. The van der Waals surface area contributed by atoms with Crippen LogP contribution in [0, 0.1) is 0 Å². The summed E-state index contributed by atoms with van der Waals surface area (Å²) in [5, 5.41) is 5.35. The maximum absolute atomic E-state index is 11.8. The van der Waals surface area contributed by atoms with Gasteiger partial charge in [0, 0.05) is 21.8 Å². The number of nitrogens with two attached hydrogens (primary N) is 1. The minimum atomic E-state index is -0.311. The molecule has 2 amide bonds. The van der Waals surface area contributed by atoms with Crippen LogP contribution in [-0.2, 0) is 4.79 Å². The molecule has 1 fully saturated rings. The Morgan fingerprint density at radius 1 is 1.33 bits per heavy atom. The first-order valence-electron chi connectivity index (χ1n) is 5.68. The van der Waals surface area contributed by atoms with Crippen molar-refractivity contribution in [3.8, 4) is 0 Å². The second-order valence-corrected chi connectivity index (χ2v) is 5.21. The highest BCUT2D eigenvalue weighted by atomic mass is 79.9. The van der Waals surface area contributed by atoms with E-state index in [9.17, 15) is 9.59 Å². The lowest BCUT2D eigenvalue weighted by Crippen LogP contribution is -2.37. The molecule has 2 rings (SSSR count). The highest BCUT2D eigenvalue weighted by Crippen LogP contribution is 2.18. The van der Waals surface area contributed by atoms with Crippen molar-refractivity contribution in [2.24, 2.45) is 0 Å². The fourth-order valence-corrected chi connectivity index (χ4v) is 2.02. The number of hydrogen-bond donors (Lipinski definition) is 3. The van der Waals surface area contributed by atoms with Crippen molar-refractivity contribution in [2.45, 2.75) is 18.9 Å². The Bertz CT molecular complexity index is 466. The predicted octanol–water partition coefficient (Wildman–Crippen LogP) is 1.04. The average Bonchev–Trinajstić information content (AvgIpc) is 3.08. The summed E-state index contributed by atoms with van der Waals surface area (Å²) in [6.07, 6.45) is 2.06. The van der Waals surface area contributed by atoms with E-state index in [1.54, 1.807) is 18.2 Å². The molecule has 1 aromatic carbocycles. The first kappa shape index (κ1) is 12.9. The molecule has 6 heteroatoms. The minimum Gasteiger partial charge on any atom is -0.399 e. The van der Waals surface area contributed by atoms with Crippen molar-refractivity contribution in [2.75, 3.05) is 12.3 Å². The molecule has 0 bridgehead atoms. The zero-order valence-corrected chi connectivity index (χ0v) is 11.3. The van der Waals surface area contributed by atoms with Crippen LogP contribution < -0.4 is 16.4 Å². The van der Waals surface area contributed by atoms with Gasteiger partial charge in [0.2, 0.25) is 5.91 Å². The minimum absolute atomic E-state index is 0.0122. The molecule has 0 aliphatic heterocycles. The molecular formula is C12H14BrN3O2. The van der Waals surface area contributed by atoms with Crippen LogP contribution in [0.25, 0.3) is 0 Å². The molecule has 1 aliphatic rings. The van der Waals surface area contributed by atoms with Gasteiger partial charge >= 0.3 is 0 Å². The summed E-state index contributed by atoms with van der Waals surface area (Å²) >= 11 is 3.26. The Balaban J connectivity index is 1.88. The van der Waals surface area contributed by atoms with Crippen molar-refractivity contribution in [1.29, 1.82) is 0 Å². The summed E-state index contributed by atoms with van der Waals surface area (Å²) in [4.78, 5) is 23.2. The third-order valence-corrected chi connectivity index (χ3v) is 2.99. The zero-order valence-electron chi connectivity index (χ0n) is 9.70. The lowest BCUT2D eigenvalue weighted by atomic mass is 10.2. The zero-order chi connectivity index (χ0) is 13.1. The van der Waals surface area contributed by atoms with Gasteiger partial charge in [-0.2, -0.15) is 0 Å². The summed E-state index contributed by atoms with van der Waals surface area (Å²) in [5.41, 5.74) is 6.57. The average molecular weight is 312 g/mol. The van der Waals surface area contributed by atoms with Gasteiger partial charge in [0.1, 0.15) is 0 Å². The van der Waals surface area contributed by atoms with Gasteiger partial charge in [-0.1, -0.05) is 15.9 Å². The molecule has 0 saturated heterocycles. The maximum atomic E-state index is 11.8. The predicted molar refractivity (Wildman–Crippen MR) is 72.1 cm³/mol. The molecule has 0 unspecified atom stereocenters. The number of amides is 2. The molecule has 5 nitrogen and oxygen atoms in total. The van der Waals surface area contributed by atoms with E-state index in [0.717, 1.165) is 17.3 Å². The fraction of sp³-hybridized carbons (Fsp3) is 0.333. The van der Waals surface area contributed by atoms with Crippen molar-refractivity contribution in [3.63, 3.8) is 0 Å². The number of carbonyl (C=O) groups is 2. The van der Waals surface area contributed by atoms with Crippen molar-refractivity contribution in [1.82, 2.24) is 10.6 Å². The Morgan fingerprint density at radius 3 is 2.67 bits per heavy atom. The van der Waals surface area contributed by atoms with E-state index in [-0.39, 0.29) is 18.4 Å². The fourth-order valence-electron chi connectivity index (χ4n) is 1.51. The van der Waals surface area contributed by atoms with Gasteiger partial charge in [-0.3, -0.25) is 9.59 Å². The van der Waals surface area contributed by atoms with Gasteiger partial charge in [0.15, 0.2) is 0 Å². The summed E-state index contributed by atoms with van der Waals surface area (Å²) < 4.78 is 0.732. The summed E-state index contributed by atoms with van der Waals surface area (Å²) in [7, 11) is 0. The second kappa shape index (κ2) is 5.39. The highest BCUT2D eigenvalue weighted by molar-refractivity contribution is 9.10. The number of benzene rings is 1. The van der Waals surface area contributed by atoms with Crippen LogP contribution in [0.1, 0.15) is 23.2 Å². The Kier molecular flexibility index (Phi) is 3.86. The highest BCUT2D eigenvalue weighted by Gasteiger charge is 2.23. The molecule has 18 heavy (non-hydrogen) atoms. The number of rotatable bonds is 4. The quantitative estimate of drug-likeness (QED) is 0.726. The third kappa shape index (κ3) is 3.73. The van der Waals surface area contributed by atoms with Crippen LogP contribution in [-0.4, -0.2) is 24.4 Å². The molecule has 4 N–H and O–H groups in total. The molecule has 1 aromatic rings. The number of halogens is 1. The monoisotopic (exact) mass is 311 g/mol. The SMILES string of the molecule is Nc1cc(Br)cc(C(=O)NCC(=O)NC2CC2)c1. The smallest absolute Gasteiger partial charge is 0.251 e. The number of nitrogens with one attached hydrogen (secondary N) is 2. The van der Waals surface area contributed by atoms with Crippen LogP contribution in [0.15, 0.2) is 22.7 Å². The largest absolute Gasteiger partial charge is 0.399 e. The molecule has 0 spiro atoms. The van der Waals surface area contributed by atoms with E-state index in [4.69, 9.17) is 5.73 Å². The van der Waals surface area contributed by atoms with Gasteiger partial charge in [-0.15, -0.1) is 0 Å². The first-order valence-corrected chi connectivity index (χ1v) is 6.47. The molecular weight excluding hydrogens is 298 g/mol. The number of carbonyl (C=O) groups excluding carboxylic acids is 2. The van der Waals surface area contributed by atoms with Crippen LogP contribution in [0.3, 0.4) is 0 Å². The van der Waals surface area contributed by atoms with Crippen LogP contribution in [0.5, 0.6) is 0 Å². The van der Waals surface area contributed by atoms with E-state index in [1.807, 2.05) is 0 Å². The second-order valence-electron chi connectivity index (χ2n) is 4.30. The summed E-state index contributed by atoms with van der Waals surface area (Å²) in [6.45, 7) is -0.0122. The van der Waals surface area contributed by atoms with Crippen molar-refractivity contribution >= 4 is 33.4 Å².